The van der Waals surface area contributed by atoms with Crippen molar-refractivity contribution in [1.82, 2.24) is 10.3 Å². The number of ether oxygens (including phenoxy) is 1. The summed E-state index contributed by atoms with van der Waals surface area (Å²) in [6, 6.07) is 7.42. The molecule has 28 heavy (non-hydrogen) atoms. The summed E-state index contributed by atoms with van der Waals surface area (Å²) in [6.45, 7) is 3.83. The van der Waals surface area contributed by atoms with Crippen molar-refractivity contribution in [2.45, 2.75) is 33.0 Å². The summed E-state index contributed by atoms with van der Waals surface area (Å²) in [5.41, 5.74) is 1.33. The van der Waals surface area contributed by atoms with Crippen molar-refractivity contribution in [3.63, 3.8) is 0 Å². The first-order chi connectivity index (χ1) is 13.1. The summed E-state index contributed by atoms with van der Waals surface area (Å²) in [7, 11) is 0. The molecule has 6 nitrogen and oxygen atoms in total. The fourth-order valence-corrected chi connectivity index (χ4v) is 2.31. The Kier molecular flexibility index (Phi) is 6.61. The molecule has 2 rings (SSSR count). The molecule has 2 aromatic rings. The van der Waals surface area contributed by atoms with E-state index >= 15 is 0 Å². The van der Waals surface area contributed by atoms with E-state index in [0.29, 0.717) is 16.8 Å². The number of hydrogen-bond acceptors (Lipinski definition) is 4. The minimum Gasteiger partial charge on any atom is -0.467 e. The van der Waals surface area contributed by atoms with Crippen LogP contribution >= 0.6 is 0 Å². The molecule has 0 saturated heterocycles. The highest BCUT2D eigenvalue weighted by Gasteiger charge is 2.29. The number of halogens is 3. The summed E-state index contributed by atoms with van der Waals surface area (Å²) in [6.07, 6.45) is -3.32. The van der Waals surface area contributed by atoms with Crippen molar-refractivity contribution in [3.8, 4) is 5.88 Å². The van der Waals surface area contributed by atoms with Crippen LogP contribution < -0.4 is 15.4 Å². The number of aryl methyl sites for hydroxylation is 1. The van der Waals surface area contributed by atoms with Gasteiger partial charge in [-0.1, -0.05) is 0 Å². The van der Waals surface area contributed by atoms with Crippen LogP contribution in [0.4, 0.5) is 18.9 Å². The molecular formula is C19H20F3N3O3. The number of hydrogen-bond donors (Lipinski definition) is 2. The van der Waals surface area contributed by atoms with Gasteiger partial charge in [-0.15, -0.1) is 0 Å². The van der Waals surface area contributed by atoms with Gasteiger partial charge in [0, 0.05) is 23.5 Å². The third-order valence-corrected chi connectivity index (χ3v) is 3.54. The van der Waals surface area contributed by atoms with E-state index in [1.54, 1.807) is 25.1 Å². The second kappa shape index (κ2) is 8.73. The molecule has 9 heteroatoms. The number of amides is 2. The van der Waals surface area contributed by atoms with E-state index in [4.69, 9.17) is 0 Å². The molecule has 0 unspecified atom stereocenters. The summed E-state index contributed by atoms with van der Waals surface area (Å²) in [5, 5.41) is 5.36. The van der Waals surface area contributed by atoms with Crippen LogP contribution in [-0.2, 0) is 0 Å². The highest BCUT2D eigenvalue weighted by Crippen LogP contribution is 2.22. The van der Waals surface area contributed by atoms with E-state index in [1.165, 1.54) is 18.3 Å². The molecule has 1 heterocycles. The van der Waals surface area contributed by atoms with Crippen molar-refractivity contribution in [2.24, 2.45) is 0 Å². The zero-order valence-electron chi connectivity index (χ0n) is 15.6. The molecule has 0 aliphatic rings. The van der Waals surface area contributed by atoms with Crippen LogP contribution in [0.2, 0.25) is 0 Å². The number of anilines is 1. The van der Waals surface area contributed by atoms with E-state index in [0.717, 1.165) is 0 Å². The number of rotatable bonds is 6. The van der Waals surface area contributed by atoms with Crippen molar-refractivity contribution >= 4 is 17.5 Å². The minimum absolute atomic E-state index is 0.0205. The van der Waals surface area contributed by atoms with Crippen LogP contribution in [0.25, 0.3) is 0 Å². The number of nitrogens with zero attached hydrogens (tertiary/aromatic N) is 1. The van der Waals surface area contributed by atoms with Gasteiger partial charge in [-0.2, -0.15) is 13.2 Å². The van der Waals surface area contributed by atoms with Gasteiger partial charge >= 0.3 is 6.18 Å². The molecule has 0 fully saturated rings. The normalized spacial score (nSPS) is 11.2. The summed E-state index contributed by atoms with van der Waals surface area (Å²) in [4.78, 5) is 28.2. The molecular weight excluding hydrogens is 375 g/mol. The number of pyridine rings is 1. The Labute approximate surface area is 160 Å². The van der Waals surface area contributed by atoms with Crippen LogP contribution in [0.15, 0.2) is 36.5 Å². The van der Waals surface area contributed by atoms with E-state index in [2.05, 4.69) is 20.4 Å². The average molecular weight is 395 g/mol. The zero-order valence-corrected chi connectivity index (χ0v) is 15.6. The highest BCUT2D eigenvalue weighted by atomic mass is 19.4. The Hall–Kier alpha value is -3.10. The summed E-state index contributed by atoms with van der Waals surface area (Å²) < 4.78 is 41.7. The Balaban J connectivity index is 2.16. The van der Waals surface area contributed by atoms with Gasteiger partial charge in [0.2, 0.25) is 5.88 Å². The second-order valence-corrected chi connectivity index (χ2v) is 6.37. The van der Waals surface area contributed by atoms with Crippen LogP contribution in [0.3, 0.4) is 0 Å². The maximum absolute atomic E-state index is 12.5. The maximum Gasteiger partial charge on any atom is 0.422 e. The van der Waals surface area contributed by atoms with E-state index in [-0.39, 0.29) is 17.5 Å². The van der Waals surface area contributed by atoms with Gasteiger partial charge in [0.15, 0.2) is 6.61 Å². The summed E-state index contributed by atoms with van der Waals surface area (Å²) >= 11 is 0. The van der Waals surface area contributed by atoms with Gasteiger partial charge in [0.25, 0.3) is 11.8 Å². The Morgan fingerprint density at radius 3 is 2.50 bits per heavy atom. The molecule has 2 amide bonds. The predicted molar refractivity (Wildman–Crippen MR) is 97.5 cm³/mol. The number of benzene rings is 1. The highest BCUT2D eigenvalue weighted by molar-refractivity contribution is 6.06. The second-order valence-electron chi connectivity index (χ2n) is 6.37. The molecule has 0 radical (unpaired) electrons. The smallest absolute Gasteiger partial charge is 0.422 e. The number of nitrogens with one attached hydrogen (secondary N) is 2. The molecule has 0 aliphatic carbocycles. The fourth-order valence-electron chi connectivity index (χ4n) is 2.31. The first-order valence-corrected chi connectivity index (χ1v) is 8.44. The SMILES string of the molecule is Cc1cc(C(=O)NC(C)C)ccc1NC(=O)c1cccnc1OCC(F)(F)F. The third-order valence-electron chi connectivity index (χ3n) is 3.54. The van der Waals surface area contributed by atoms with Gasteiger partial charge in [-0.05, 0) is 56.7 Å². The van der Waals surface area contributed by atoms with Gasteiger partial charge in [0.1, 0.15) is 5.56 Å². The fraction of sp³-hybridized carbons (Fsp3) is 0.316. The van der Waals surface area contributed by atoms with E-state index in [1.807, 2.05) is 13.8 Å². The largest absolute Gasteiger partial charge is 0.467 e. The van der Waals surface area contributed by atoms with E-state index in [9.17, 15) is 22.8 Å². The topological polar surface area (TPSA) is 80.3 Å². The molecule has 2 N–H and O–H groups in total. The number of alkyl halides is 3. The number of carbonyl (C=O) groups is 2. The third kappa shape index (κ3) is 5.97. The Morgan fingerprint density at radius 2 is 1.89 bits per heavy atom. The zero-order chi connectivity index (χ0) is 20.9. The number of carbonyl (C=O) groups excluding carboxylic acids is 2. The molecule has 0 bridgehead atoms. The molecule has 0 atom stereocenters. The predicted octanol–water partition coefficient (Wildman–Crippen LogP) is 3.72. The van der Waals surface area contributed by atoms with E-state index < -0.39 is 24.6 Å². The van der Waals surface area contributed by atoms with Gasteiger partial charge in [0.05, 0.1) is 0 Å². The lowest BCUT2D eigenvalue weighted by Gasteiger charge is -2.14. The van der Waals surface area contributed by atoms with Crippen molar-refractivity contribution in [2.75, 3.05) is 11.9 Å². The van der Waals surface area contributed by atoms with Crippen molar-refractivity contribution < 1.29 is 27.5 Å². The lowest BCUT2D eigenvalue weighted by molar-refractivity contribution is -0.154. The quantitative estimate of drug-likeness (QED) is 0.781. The minimum atomic E-state index is -4.55. The first-order valence-electron chi connectivity index (χ1n) is 8.44. The molecule has 150 valence electrons. The molecule has 0 aliphatic heterocycles. The standard InChI is InChI=1S/C19H20F3N3O3/c1-11(2)24-16(26)13-6-7-15(12(3)9-13)25-17(27)14-5-4-8-23-18(14)28-10-19(20,21)22/h4-9,11H,10H2,1-3H3,(H,24,26)(H,25,27). The molecule has 0 saturated carbocycles. The van der Waals surface area contributed by atoms with Gasteiger partial charge in [-0.25, -0.2) is 4.98 Å². The van der Waals surface area contributed by atoms with Crippen LogP contribution in [0.5, 0.6) is 5.88 Å². The van der Waals surface area contributed by atoms with Crippen molar-refractivity contribution in [3.05, 3.63) is 53.2 Å². The average Bonchev–Trinajstić information content (AvgIpc) is 2.60. The molecule has 0 spiro atoms. The van der Waals surface area contributed by atoms with Gasteiger partial charge < -0.3 is 15.4 Å². The van der Waals surface area contributed by atoms with Crippen LogP contribution in [0, 0.1) is 6.92 Å². The van der Waals surface area contributed by atoms with Crippen LogP contribution in [-0.4, -0.2) is 35.6 Å². The lowest BCUT2D eigenvalue weighted by Crippen LogP contribution is -2.30. The van der Waals surface area contributed by atoms with Crippen LogP contribution in [0.1, 0.15) is 40.1 Å². The monoisotopic (exact) mass is 395 g/mol. The lowest BCUT2D eigenvalue weighted by atomic mass is 10.1. The Morgan fingerprint density at radius 1 is 1.18 bits per heavy atom. The molecule has 1 aromatic carbocycles. The number of aromatic nitrogens is 1. The van der Waals surface area contributed by atoms with Crippen molar-refractivity contribution in [1.29, 1.82) is 0 Å². The maximum atomic E-state index is 12.5. The molecule has 1 aromatic heterocycles. The van der Waals surface area contributed by atoms with Gasteiger partial charge in [-0.3, -0.25) is 9.59 Å². The Bertz CT molecular complexity index is 867. The summed E-state index contributed by atoms with van der Waals surface area (Å²) in [5.74, 6) is -1.33. The first kappa shape index (κ1) is 21.2.